The summed E-state index contributed by atoms with van der Waals surface area (Å²) in [5.41, 5.74) is 0.525. The molecule has 0 bridgehead atoms. The minimum Gasteiger partial charge on any atom is -0.495 e. The lowest BCUT2D eigenvalue weighted by molar-refractivity contribution is -0.147. The number of ether oxygens (including phenoxy) is 1. The Hall–Kier alpha value is -2.63. The number of fused-ring (bicyclic) bond motifs is 1. The third-order valence-corrected chi connectivity index (χ3v) is 5.22. The van der Waals surface area contributed by atoms with Gasteiger partial charge in [-0.2, -0.15) is 0 Å². The minimum atomic E-state index is -0.819. The molecule has 0 spiro atoms. The Kier molecular flexibility index (Phi) is 5.63. The molecule has 0 radical (unpaired) electrons. The first-order chi connectivity index (χ1) is 12.9. The van der Waals surface area contributed by atoms with E-state index in [1.54, 1.807) is 18.2 Å². The number of para-hydroxylation sites is 2. The summed E-state index contributed by atoms with van der Waals surface area (Å²) in [7, 11) is 1.53. The van der Waals surface area contributed by atoms with Gasteiger partial charge in [-0.1, -0.05) is 38.1 Å². The van der Waals surface area contributed by atoms with Crippen LogP contribution >= 0.6 is 0 Å². The molecular formula is C21H26N2O4. The Balaban J connectivity index is 1.86. The number of rotatable bonds is 6. The van der Waals surface area contributed by atoms with Gasteiger partial charge in [0, 0.05) is 0 Å². The standard InChI is InChI=1S/C21H26N2O4/c1-13(2)12-17(19(24)22-16-10-6-7-11-18(16)27-3)23-20(25)14-8-4-5-9-15(14)21(23)26/h4-7,10-11,13-15,17H,8-9,12H2,1-3H3,(H,22,24). The van der Waals surface area contributed by atoms with E-state index in [1.165, 1.54) is 12.0 Å². The van der Waals surface area contributed by atoms with E-state index in [9.17, 15) is 14.4 Å². The van der Waals surface area contributed by atoms with Gasteiger partial charge < -0.3 is 10.1 Å². The zero-order valence-electron chi connectivity index (χ0n) is 16.0. The van der Waals surface area contributed by atoms with Gasteiger partial charge in [-0.3, -0.25) is 19.3 Å². The van der Waals surface area contributed by atoms with E-state index in [4.69, 9.17) is 4.74 Å². The van der Waals surface area contributed by atoms with Gasteiger partial charge in [0.2, 0.25) is 17.7 Å². The molecule has 1 fully saturated rings. The van der Waals surface area contributed by atoms with Crippen LogP contribution in [0.5, 0.6) is 5.75 Å². The van der Waals surface area contributed by atoms with Crippen LogP contribution in [0.15, 0.2) is 36.4 Å². The first-order valence-corrected chi connectivity index (χ1v) is 9.39. The number of nitrogens with one attached hydrogen (secondary N) is 1. The van der Waals surface area contributed by atoms with Gasteiger partial charge in [0.15, 0.2) is 0 Å². The van der Waals surface area contributed by atoms with Crippen molar-refractivity contribution in [1.82, 2.24) is 4.90 Å². The van der Waals surface area contributed by atoms with Crippen LogP contribution in [0.25, 0.3) is 0 Å². The molecule has 2 aliphatic rings. The summed E-state index contributed by atoms with van der Waals surface area (Å²) in [4.78, 5) is 40.1. The summed E-state index contributed by atoms with van der Waals surface area (Å²) in [6, 6.07) is 6.27. The number of imide groups is 1. The number of hydrogen-bond donors (Lipinski definition) is 1. The maximum absolute atomic E-state index is 13.1. The fourth-order valence-electron chi connectivity index (χ4n) is 3.87. The molecular weight excluding hydrogens is 344 g/mol. The van der Waals surface area contributed by atoms with E-state index in [1.807, 2.05) is 32.1 Å². The van der Waals surface area contributed by atoms with Gasteiger partial charge in [-0.05, 0) is 37.3 Å². The predicted octanol–water partition coefficient (Wildman–Crippen LogP) is 3.00. The van der Waals surface area contributed by atoms with Crippen LogP contribution < -0.4 is 10.1 Å². The van der Waals surface area contributed by atoms with E-state index in [0.717, 1.165) is 0 Å². The lowest BCUT2D eigenvalue weighted by Gasteiger charge is -2.27. The lowest BCUT2D eigenvalue weighted by Crippen LogP contribution is -2.48. The number of hydrogen-bond acceptors (Lipinski definition) is 4. The Labute approximate surface area is 159 Å². The van der Waals surface area contributed by atoms with Crippen molar-refractivity contribution in [1.29, 1.82) is 0 Å². The average Bonchev–Trinajstić information content (AvgIpc) is 2.91. The number of carbonyl (C=O) groups excluding carboxylic acids is 3. The Morgan fingerprint density at radius 3 is 2.30 bits per heavy atom. The first kappa shape index (κ1) is 19.1. The molecule has 1 N–H and O–H groups in total. The molecule has 27 heavy (non-hydrogen) atoms. The van der Waals surface area contributed by atoms with Crippen LogP contribution in [0.2, 0.25) is 0 Å². The van der Waals surface area contributed by atoms with Gasteiger partial charge in [-0.15, -0.1) is 0 Å². The van der Waals surface area contributed by atoms with Gasteiger partial charge in [0.1, 0.15) is 11.8 Å². The van der Waals surface area contributed by atoms with E-state index < -0.39 is 6.04 Å². The number of carbonyl (C=O) groups is 3. The van der Waals surface area contributed by atoms with Crippen LogP contribution in [0, 0.1) is 17.8 Å². The molecule has 1 saturated heterocycles. The highest BCUT2D eigenvalue weighted by molar-refractivity contribution is 6.10. The highest BCUT2D eigenvalue weighted by Crippen LogP contribution is 2.37. The van der Waals surface area contributed by atoms with E-state index in [2.05, 4.69) is 5.32 Å². The number of benzene rings is 1. The molecule has 0 aromatic heterocycles. The molecule has 3 atom stereocenters. The zero-order chi connectivity index (χ0) is 19.6. The van der Waals surface area contributed by atoms with Gasteiger partial charge in [0.25, 0.3) is 0 Å². The highest BCUT2D eigenvalue weighted by atomic mass is 16.5. The van der Waals surface area contributed by atoms with Gasteiger partial charge in [0.05, 0.1) is 24.6 Å². The molecule has 0 saturated carbocycles. The minimum absolute atomic E-state index is 0.153. The van der Waals surface area contributed by atoms with Crippen molar-refractivity contribution in [3.63, 3.8) is 0 Å². The van der Waals surface area contributed by atoms with Crippen molar-refractivity contribution in [2.24, 2.45) is 17.8 Å². The van der Waals surface area contributed by atoms with Crippen LogP contribution in [-0.2, 0) is 14.4 Å². The zero-order valence-corrected chi connectivity index (χ0v) is 16.0. The van der Waals surface area contributed by atoms with Gasteiger partial charge in [-0.25, -0.2) is 0 Å². The monoisotopic (exact) mass is 370 g/mol. The molecule has 1 heterocycles. The predicted molar refractivity (Wildman–Crippen MR) is 102 cm³/mol. The molecule has 1 aromatic rings. The largest absolute Gasteiger partial charge is 0.495 e. The van der Waals surface area contributed by atoms with E-state index in [-0.39, 0.29) is 35.5 Å². The number of amides is 3. The third-order valence-electron chi connectivity index (χ3n) is 5.22. The summed E-state index contributed by atoms with van der Waals surface area (Å²) in [5.74, 6) is -0.801. The van der Waals surface area contributed by atoms with E-state index in [0.29, 0.717) is 30.7 Å². The van der Waals surface area contributed by atoms with Crippen molar-refractivity contribution >= 4 is 23.4 Å². The Morgan fingerprint density at radius 1 is 1.15 bits per heavy atom. The second-order valence-electron chi connectivity index (χ2n) is 7.54. The molecule has 144 valence electrons. The summed E-state index contributed by atoms with van der Waals surface area (Å²) >= 11 is 0. The maximum atomic E-state index is 13.1. The Morgan fingerprint density at radius 2 is 1.74 bits per heavy atom. The normalized spacial score (nSPS) is 22.7. The second kappa shape index (κ2) is 7.94. The van der Waals surface area contributed by atoms with Crippen LogP contribution in [0.4, 0.5) is 5.69 Å². The number of methoxy groups -OCH3 is 1. The second-order valence-corrected chi connectivity index (χ2v) is 7.54. The number of likely N-dealkylation sites (tertiary alicyclic amines) is 1. The molecule has 6 nitrogen and oxygen atoms in total. The lowest BCUT2D eigenvalue weighted by atomic mass is 9.85. The Bertz CT molecular complexity index is 745. The molecule has 1 aliphatic heterocycles. The maximum Gasteiger partial charge on any atom is 0.247 e. The fourth-order valence-corrected chi connectivity index (χ4v) is 3.87. The van der Waals surface area contributed by atoms with Crippen LogP contribution in [-0.4, -0.2) is 35.8 Å². The molecule has 3 amide bonds. The van der Waals surface area contributed by atoms with E-state index >= 15 is 0 Å². The van der Waals surface area contributed by atoms with Crippen molar-refractivity contribution in [2.45, 2.75) is 39.2 Å². The summed E-state index contributed by atoms with van der Waals surface area (Å²) in [6.07, 6.45) is 5.44. The fraction of sp³-hybridized carbons (Fsp3) is 0.476. The molecule has 3 unspecified atom stereocenters. The van der Waals surface area contributed by atoms with Crippen molar-refractivity contribution < 1.29 is 19.1 Å². The highest BCUT2D eigenvalue weighted by Gasteiger charge is 2.51. The van der Waals surface area contributed by atoms with Crippen LogP contribution in [0.1, 0.15) is 33.1 Å². The smallest absolute Gasteiger partial charge is 0.247 e. The summed E-state index contributed by atoms with van der Waals surface area (Å²) in [5, 5.41) is 2.84. The van der Waals surface area contributed by atoms with Crippen molar-refractivity contribution in [3.05, 3.63) is 36.4 Å². The van der Waals surface area contributed by atoms with Crippen molar-refractivity contribution in [2.75, 3.05) is 12.4 Å². The quantitative estimate of drug-likeness (QED) is 0.617. The topological polar surface area (TPSA) is 75.7 Å². The third kappa shape index (κ3) is 3.75. The van der Waals surface area contributed by atoms with Gasteiger partial charge >= 0.3 is 0 Å². The first-order valence-electron chi connectivity index (χ1n) is 9.39. The SMILES string of the molecule is COc1ccccc1NC(=O)C(CC(C)C)N1C(=O)C2CC=CCC2C1=O. The summed E-state index contributed by atoms with van der Waals surface area (Å²) in [6.45, 7) is 3.95. The number of anilines is 1. The number of allylic oxidation sites excluding steroid dienone is 2. The van der Waals surface area contributed by atoms with Crippen molar-refractivity contribution in [3.8, 4) is 5.75 Å². The number of nitrogens with zero attached hydrogens (tertiary/aromatic N) is 1. The summed E-state index contributed by atoms with van der Waals surface area (Å²) < 4.78 is 5.28. The van der Waals surface area contributed by atoms with Crippen LogP contribution in [0.3, 0.4) is 0 Å². The molecule has 1 aromatic carbocycles. The average molecular weight is 370 g/mol. The molecule has 6 heteroatoms. The molecule has 3 rings (SSSR count). The molecule has 1 aliphatic carbocycles.